The molecule has 0 bridgehead atoms. The van der Waals surface area contributed by atoms with Crippen LogP contribution in [0.1, 0.15) is 6.92 Å². The molecule has 78 valence electrons. The van der Waals surface area contributed by atoms with E-state index in [-0.39, 0.29) is 0 Å². The number of alkyl halides is 5. The van der Waals surface area contributed by atoms with E-state index in [2.05, 4.69) is 9.47 Å². The van der Waals surface area contributed by atoms with E-state index in [1.54, 1.807) is 0 Å². The summed E-state index contributed by atoms with van der Waals surface area (Å²) in [4.78, 5) is 0. The van der Waals surface area contributed by atoms with Crippen molar-refractivity contribution in [1.29, 1.82) is 0 Å². The molecule has 2 atom stereocenters. The Balaban J connectivity index is 2.78. The second kappa shape index (κ2) is 2.78. The topological polar surface area (TPSA) is 18.5 Å². The lowest BCUT2D eigenvalue weighted by Crippen LogP contribution is -2.45. The van der Waals surface area contributed by atoms with Gasteiger partial charge in [-0.15, -0.1) is 0 Å². The highest BCUT2D eigenvalue weighted by atomic mass is 19.4. The van der Waals surface area contributed by atoms with E-state index in [1.807, 2.05) is 0 Å². The van der Waals surface area contributed by atoms with Crippen LogP contribution in [-0.2, 0) is 9.47 Å². The summed E-state index contributed by atoms with van der Waals surface area (Å²) in [5.74, 6) is -6.03. The molecule has 0 aromatic rings. The van der Waals surface area contributed by atoms with E-state index in [1.165, 1.54) is 0 Å². The second-order valence-electron chi connectivity index (χ2n) is 2.88. The van der Waals surface area contributed by atoms with E-state index < -0.39 is 31.1 Å². The second-order valence-corrected chi connectivity index (χ2v) is 2.88. The summed E-state index contributed by atoms with van der Waals surface area (Å²) < 4.78 is 68.8. The van der Waals surface area contributed by atoms with E-state index in [0.717, 1.165) is 6.92 Å². The lowest BCUT2D eigenvalue weighted by atomic mass is 10.3. The zero-order valence-electron chi connectivity index (χ0n) is 6.62. The Morgan fingerprint density at radius 3 is 2.15 bits per heavy atom. The Morgan fingerprint density at radius 1 is 1.38 bits per heavy atom. The minimum absolute atomic E-state index is 0.903. The molecule has 0 amide bonds. The highest BCUT2D eigenvalue weighted by Gasteiger charge is 2.65. The lowest BCUT2D eigenvalue weighted by Gasteiger charge is -2.23. The summed E-state index contributed by atoms with van der Waals surface area (Å²) in [6.07, 6.45) is -5.21. The van der Waals surface area contributed by atoms with E-state index in [0.29, 0.717) is 0 Å². The van der Waals surface area contributed by atoms with Crippen molar-refractivity contribution in [2.24, 2.45) is 0 Å². The minimum Gasteiger partial charge on any atom is -0.341 e. The Labute approximate surface area is 70.6 Å². The fraction of sp³-hybridized carbons (Fsp3) is 1.00. The molecule has 13 heavy (non-hydrogen) atoms. The Morgan fingerprint density at radius 2 is 1.92 bits per heavy atom. The summed E-state index contributed by atoms with van der Waals surface area (Å²) in [5.41, 5.74) is 0. The quantitative estimate of drug-likeness (QED) is 0.610. The molecule has 1 saturated heterocycles. The molecule has 1 aliphatic heterocycles. The van der Waals surface area contributed by atoms with Gasteiger partial charge in [-0.25, -0.2) is 4.39 Å². The maximum absolute atomic E-state index is 12.9. The number of hydrogen-bond donors (Lipinski definition) is 0. The molecule has 0 saturated carbocycles. The number of halogens is 5. The van der Waals surface area contributed by atoms with Crippen molar-refractivity contribution < 1.29 is 31.4 Å². The van der Waals surface area contributed by atoms with Crippen LogP contribution < -0.4 is 0 Å². The highest BCUT2D eigenvalue weighted by Crippen LogP contribution is 2.43. The molecule has 0 spiro atoms. The van der Waals surface area contributed by atoms with Gasteiger partial charge in [-0.1, -0.05) is 0 Å². The Hall–Kier alpha value is -0.430. The van der Waals surface area contributed by atoms with Crippen LogP contribution in [0.25, 0.3) is 0 Å². The van der Waals surface area contributed by atoms with Crippen molar-refractivity contribution in [1.82, 2.24) is 0 Å². The van der Waals surface area contributed by atoms with Gasteiger partial charge in [-0.3, -0.25) is 0 Å². The molecule has 0 aliphatic carbocycles. The third-order valence-corrected chi connectivity index (χ3v) is 1.61. The molecule has 0 aromatic heterocycles. The van der Waals surface area contributed by atoms with Crippen LogP contribution in [0, 0.1) is 0 Å². The molecule has 1 fully saturated rings. The molecule has 2 nitrogen and oxygen atoms in total. The third-order valence-electron chi connectivity index (χ3n) is 1.61. The zero-order chi connectivity index (χ0) is 10.3. The molecule has 0 N–H and O–H groups in total. The van der Waals surface area contributed by atoms with E-state index >= 15 is 0 Å². The van der Waals surface area contributed by atoms with Gasteiger partial charge in [-0.2, -0.15) is 17.6 Å². The molecule has 0 radical (unpaired) electrons. The van der Waals surface area contributed by atoms with Crippen LogP contribution >= 0.6 is 0 Å². The maximum atomic E-state index is 12.9. The first-order valence-electron chi connectivity index (χ1n) is 3.38. The van der Waals surface area contributed by atoms with Gasteiger partial charge in [0, 0.05) is 0 Å². The van der Waals surface area contributed by atoms with E-state index in [4.69, 9.17) is 0 Å². The molecule has 7 heteroatoms. The van der Waals surface area contributed by atoms with Gasteiger partial charge in [0.15, 0.2) is 5.79 Å². The van der Waals surface area contributed by atoms with Crippen LogP contribution in [0.3, 0.4) is 0 Å². The van der Waals surface area contributed by atoms with Crippen LogP contribution in [0.2, 0.25) is 0 Å². The van der Waals surface area contributed by atoms with Crippen LogP contribution in [0.15, 0.2) is 0 Å². The molecular formula is C6H7F5O2. The van der Waals surface area contributed by atoms with Crippen LogP contribution in [0.4, 0.5) is 22.0 Å². The predicted molar refractivity (Wildman–Crippen MR) is 31.3 cm³/mol. The van der Waals surface area contributed by atoms with Gasteiger partial charge >= 0.3 is 12.0 Å². The molecule has 0 aromatic carbocycles. The Bertz CT molecular complexity index is 206. The molecule has 1 rings (SSSR count). The zero-order valence-corrected chi connectivity index (χ0v) is 6.62. The first kappa shape index (κ1) is 10.6. The maximum Gasteiger partial charge on any atom is 0.450 e. The predicted octanol–water partition coefficient (Wildman–Crippen LogP) is 1.95. The minimum atomic E-state index is -5.21. The average molecular weight is 206 g/mol. The number of rotatable bonds is 1. The standard InChI is InChI=1S/C6H7F5O2/c1-4(2-7)12-3-5(8,13-4)6(9,10)11/h2-3H2,1H3. The van der Waals surface area contributed by atoms with Gasteiger partial charge in [0.1, 0.15) is 13.3 Å². The number of ether oxygens (including phenoxy) is 2. The van der Waals surface area contributed by atoms with Crippen molar-refractivity contribution in [2.75, 3.05) is 13.3 Å². The third kappa shape index (κ3) is 1.76. The monoisotopic (exact) mass is 206 g/mol. The van der Waals surface area contributed by atoms with Crippen molar-refractivity contribution in [3.63, 3.8) is 0 Å². The fourth-order valence-corrected chi connectivity index (χ4v) is 0.852. The summed E-state index contributed by atoms with van der Waals surface area (Å²) in [6.45, 7) is -1.77. The first-order valence-corrected chi connectivity index (χ1v) is 3.38. The van der Waals surface area contributed by atoms with Gasteiger partial charge in [0.25, 0.3) is 0 Å². The Kier molecular flexibility index (Phi) is 2.28. The lowest BCUT2D eigenvalue weighted by molar-refractivity contribution is -0.336. The van der Waals surface area contributed by atoms with Crippen LogP contribution in [0.5, 0.6) is 0 Å². The largest absolute Gasteiger partial charge is 0.450 e. The van der Waals surface area contributed by atoms with E-state index in [9.17, 15) is 22.0 Å². The SMILES string of the molecule is CC1(CF)OCC(F)(C(F)(F)F)O1. The molecule has 1 heterocycles. The van der Waals surface area contributed by atoms with Gasteiger partial charge in [-0.05, 0) is 6.92 Å². The number of hydrogen-bond acceptors (Lipinski definition) is 2. The summed E-state index contributed by atoms with van der Waals surface area (Å²) in [7, 11) is 0. The van der Waals surface area contributed by atoms with Crippen LogP contribution in [-0.4, -0.2) is 31.1 Å². The highest BCUT2D eigenvalue weighted by molar-refractivity contribution is 4.86. The summed E-state index contributed by atoms with van der Waals surface area (Å²) in [6, 6.07) is 0. The molecule has 1 aliphatic rings. The van der Waals surface area contributed by atoms with Crippen molar-refractivity contribution >= 4 is 0 Å². The average Bonchev–Trinajstić information content (AvgIpc) is 2.29. The van der Waals surface area contributed by atoms with Gasteiger partial charge < -0.3 is 9.47 Å². The molecule has 2 unspecified atom stereocenters. The van der Waals surface area contributed by atoms with Crippen molar-refractivity contribution in [3.05, 3.63) is 0 Å². The smallest absolute Gasteiger partial charge is 0.341 e. The van der Waals surface area contributed by atoms with Gasteiger partial charge in [0.2, 0.25) is 0 Å². The van der Waals surface area contributed by atoms with Crippen molar-refractivity contribution in [2.45, 2.75) is 24.7 Å². The fourth-order valence-electron chi connectivity index (χ4n) is 0.852. The summed E-state index contributed by atoms with van der Waals surface area (Å²) in [5, 5.41) is 0. The van der Waals surface area contributed by atoms with Crippen molar-refractivity contribution in [3.8, 4) is 0 Å². The normalized spacial score (nSPS) is 41.1. The molecular weight excluding hydrogens is 199 g/mol. The van der Waals surface area contributed by atoms with Gasteiger partial charge in [0.05, 0.1) is 0 Å². The summed E-state index contributed by atoms with van der Waals surface area (Å²) >= 11 is 0. The first-order chi connectivity index (χ1) is 5.72.